The lowest BCUT2D eigenvalue weighted by Crippen LogP contribution is -2.28. The third kappa shape index (κ3) is 2.83. The number of likely N-dealkylation sites (tertiary alicyclic amines) is 1. The Balaban J connectivity index is 1.44. The van der Waals surface area contributed by atoms with Crippen LogP contribution >= 0.6 is 0 Å². The molecule has 4 aromatic rings. The van der Waals surface area contributed by atoms with Gasteiger partial charge in [-0.1, -0.05) is 6.92 Å². The number of H-pyrrole nitrogens is 1. The number of aromatic amines is 1. The Labute approximate surface area is 161 Å². The average Bonchev–Trinajstić information content (AvgIpc) is 3.48. The van der Waals surface area contributed by atoms with Crippen LogP contribution in [0.4, 0.5) is 0 Å². The number of fused-ring (bicyclic) bond motifs is 1. The summed E-state index contributed by atoms with van der Waals surface area (Å²) in [6.45, 7) is 3.82. The molecule has 1 aliphatic rings. The Kier molecular flexibility index (Phi) is 3.89. The molecular weight excluding hydrogens is 354 g/mol. The molecule has 1 aliphatic heterocycles. The van der Waals surface area contributed by atoms with Crippen LogP contribution in [0.5, 0.6) is 0 Å². The highest BCUT2D eigenvalue weighted by atomic mass is 16.2. The zero-order valence-corrected chi connectivity index (χ0v) is 15.4. The van der Waals surface area contributed by atoms with Crippen LogP contribution in [0.1, 0.15) is 23.7 Å². The highest BCUT2D eigenvalue weighted by molar-refractivity contribution is 5.97. The monoisotopic (exact) mass is 373 g/mol. The third-order valence-electron chi connectivity index (χ3n) is 5.17. The number of nitrogens with zero attached hydrogens (tertiary/aromatic N) is 6. The van der Waals surface area contributed by atoms with Crippen LogP contribution in [0.3, 0.4) is 0 Å². The number of aromatic nitrogens is 6. The van der Waals surface area contributed by atoms with E-state index in [-0.39, 0.29) is 5.91 Å². The number of rotatable bonds is 3. The molecule has 5 heterocycles. The van der Waals surface area contributed by atoms with E-state index in [1.165, 1.54) is 6.33 Å². The first kappa shape index (κ1) is 16.6. The molecule has 5 rings (SSSR count). The van der Waals surface area contributed by atoms with Crippen molar-refractivity contribution in [3.05, 3.63) is 54.7 Å². The first-order valence-corrected chi connectivity index (χ1v) is 9.27. The molecule has 140 valence electrons. The summed E-state index contributed by atoms with van der Waals surface area (Å²) in [6, 6.07) is 7.72. The van der Waals surface area contributed by atoms with Gasteiger partial charge in [0.2, 0.25) is 0 Å². The minimum atomic E-state index is 0.0598. The second-order valence-corrected chi connectivity index (χ2v) is 7.20. The molecule has 4 aromatic heterocycles. The van der Waals surface area contributed by atoms with Gasteiger partial charge < -0.3 is 4.90 Å². The largest absolute Gasteiger partial charge is 0.338 e. The van der Waals surface area contributed by atoms with Gasteiger partial charge in [-0.3, -0.25) is 19.4 Å². The molecule has 1 amide bonds. The van der Waals surface area contributed by atoms with Gasteiger partial charge >= 0.3 is 0 Å². The molecule has 0 radical (unpaired) electrons. The number of hydrogen-bond donors (Lipinski definition) is 1. The van der Waals surface area contributed by atoms with E-state index in [2.05, 4.69) is 32.1 Å². The molecule has 1 N–H and O–H groups in total. The van der Waals surface area contributed by atoms with Crippen LogP contribution in [0.25, 0.3) is 28.2 Å². The minimum Gasteiger partial charge on any atom is -0.338 e. The summed E-state index contributed by atoms with van der Waals surface area (Å²) in [7, 11) is 0. The maximum atomic E-state index is 12.7. The van der Waals surface area contributed by atoms with Crippen LogP contribution in [-0.4, -0.2) is 53.6 Å². The number of amides is 1. The molecule has 0 spiro atoms. The molecule has 1 fully saturated rings. The lowest BCUT2D eigenvalue weighted by molar-refractivity contribution is 0.0788. The number of hydrogen-bond acceptors (Lipinski definition) is 5. The Morgan fingerprint density at radius 1 is 1.18 bits per heavy atom. The molecule has 8 nitrogen and oxygen atoms in total. The van der Waals surface area contributed by atoms with E-state index in [4.69, 9.17) is 0 Å². The second kappa shape index (κ2) is 6.56. The number of nitrogens with one attached hydrogen (secondary N) is 1. The molecule has 8 heteroatoms. The van der Waals surface area contributed by atoms with Crippen LogP contribution in [-0.2, 0) is 0 Å². The highest BCUT2D eigenvalue weighted by Gasteiger charge is 2.24. The summed E-state index contributed by atoms with van der Waals surface area (Å²) in [4.78, 5) is 27.7. The second-order valence-electron chi connectivity index (χ2n) is 7.20. The molecule has 0 saturated carbocycles. The fraction of sp³-hybridized carbons (Fsp3) is 0.250. The Bertz CT molecular complexity index is 1130. The van der Waals surface area contributed by atoms with E-state index in [1.54, 1.807) is 12.4 Å². The first-order chi connectivity index (χ1) is 13.7. The summed E-state index contributed by atoms with van der Waals surface area (Å²) >= 11 is 0. The molecule has 28 heavy (non-hydrogen) atoms. The molecular formula is C20H19N7O. The molecule has 1 saturated heterocycles. The van der Waals surface area contributed by atoms with Crippen molar-refractivity contribution in [2.45, 2.75) is 13.3 Å². The maximum absolute atomic E-state index is 12.7. The van der Waals surface area contributed by atoms with Gasteiger partial charge in [0.25, 0.3) is 5.91 Å². The normalized spacial score (nSPS) is 16.8. The van der Waals surface area contributed by atoms with Crippen LogP contribution in [0, 0.1) is 5.92 Å². The van der Waals surface area contributed by atoms with Crippen molar-refractivity contribution in [3.63, 3.8) is 0 Å². The van der Waals surface area contributed by atoms with E-state index in [0.717, 1.165) is 41.9 Å². The van der Waals surface area contributed by atoms with Crippen molar-refractivity contribution in [2.24, 2.45) is 5.92 Å². The topological polar surface area (TPSA) is 92.6 Å². The zero-order valence-electron chi connectivity index (χ0n) is 15.4. The number of carbonyl (C=O) groups is 1. The fourth-order valence-corrected chi connectivity index (χ4v) is 3.65. The number of pyridine rings is 2. The van der Waals surface area contributed by atoms with Crippen LogP contribution in [0.2, 0.25) is 0 Å². The fourth-order valence-electron chi connectivity index (χ4n) is 3.65. The average molecular weight is 373 g/mol. The van der Waals surface area contributed by atoms with E-state index < -0.39 is 0 Å². The summed E-state index contributed by atoms with van der Waals surface area (Å²) in [5.41, 5.74) is 3.04. The van der Waals surface area contributed by atoms with Gasteiger partial charge in [0.1, 0.15) is 17.7 Å². The van der Waals surface area contributed by atoms with Gasteiger partial charge in [0.05, 0.1) is 17.4 Å². The van der Waals surface area contributed by atoms with Crippen molar-refractivity contribution in [3.8, 4) is 17.2 Å². The molecule has 1 atom stereocenters. The molecule has 0 aliphatic carbocycles. The molecule has 0 aromatic carbocycles. The van der Waals surface area contributed by atoms with Gasteiger partial charge in [-0.05, 0) is 36.6 Å². The van der Waals surface area contributed by atoms with Gasteiger partial charge in [-0.25, -0.2) is 9.97 Å². The molecule has 0 bridgehead atoms. The summed E-state index contributed by atoms with van der Waals surface area (Å²) in [5.74, 6) is 1.25. The Hall–Kier alpha value is -3.55. The maximum Gasteiger partial charge on any atom is 0.255 e. The van der Waals surface area contributed by atoms with Crippen LogP contribution in [0.15, 0.2) is 49.2 Å². The first-order valence-electron chi connectivity index (χ1n) is 9.27. The van der Waals surface area contributed by atoms with Crippen molar-refractivity contribution in [1.82, 2.24) is 34.6 Å². The van der Waals surface area contributed by atoms with Gasteiger partial charge in [-0.2, -0.15) is 5.10 Å². The van der Waals surface area contributed by atoms with Gasteiger partial charge in [-0.15, -0.1) is 0 Å². The lowest BCUT2D eigenvalue weighted by atomic mass is 10.2. The van der Waals surface area contributed by atoms with E-state index in [0.29, 0.717) is 17.3 Å². The molecule has 0 unspecified atom stereocenters. The highest BCUT2D eigenvalue weighted by Crippen LogP contribution is 2.23. The van der Waals surface area contributed by atoms with Gasteiger partial charge in [0, 0.05) is 30.9 Å². The number of carbonyl (C=O) groups excluding carboxylic acids is 1. The van der Waals surface area contributed by atoms with Crippen molar-refractivity contribution in [1.29, 1.82) is 0 Å². The standard InChI is InChI=1S/C20H19N7O/c1-13-4-6-26(11-13)20(28)15-8-14-5-7-27(19(14)22-9-15)16-2-3-17(21-10-16)18-23-12-24-25-18/h2-3,5,7-10,12-13H,4,6,11H2,1H3,(H,23,24,25)/t13-/m0/s1. The quantitative estimate of drug-likeness (QED) is 0.596. The van der Waals surface area contributed by atoms with Gasteiger partial charge in [0.15, 0.2) is 5.82 Å². The summed E-state index contributed by atoms with van der Waals surface area (Å²) < 4.78 is 1.96. The Morgan fingerprint density at radius 2 is 2.11 bits per heavy atom. The lowest BCUT2D eigenvalue weighted by Gasteiger charge is -2.15. The zero-order chi connectivity index (χ0) is 19.1. The summed E-state index contributed by atoms with van der Waals surface area (Å²) in [6.07, 6.45) is 7.89. The van der Waals surface area contributed by atoms with Crippen molar-refractivity contribution < 1.29 is 4.79 Å². The van der Waals surface area contributed by atoms with Crippen molar-refractivity contribution in [2.75, 3.05) is 13.1 Å². The smallest absolute Gasteiger partial charge is 0.255 e. The predicted octanol–water partition coefficient (Wildman–Crippen LogP) is 2.69. The third-order valence-corrected chi connectivity index (χ3v) is 5.17. The van der Waals surface area contributed by atoms with E-state index >= 15 is 0 Å². The van der Waals surface area contributed by atoms with E-state index in [1.807, 2.05) is 39.9 Å². The van der Waals surface area contributed by atoms with Crippen LogP contribution < -0.4 is 0 Å². The van der Waals surface area contributed by atoms with Crippen molar-refractivity contribution >= 4 is 16.9 Å². The summed E-state index contributed by atoms with van der Waals surface area (Å²) in [5, 5.41) is 7.57. The SMILES string of the molecule is C[C@H]1CCN(C(=O)c2cnc3c(ccn3-c3ccc(-c4ncn[nH]4)nc3)c2)C1. The minimum absolute atomic E-state index is 0.0598. The van der Waals surface area contributed by atoms with E-state index in [9.17, 15) is 4.79 Å². The Morgan fingerprint density at radius 3 is 2.82 bits per heavy atom. The predicted molar refractivity (Wildman–Crippen MR) is 104 cm³/mol.